The molecule has 0 saturated carbocycles. The second-order valence-corrected chi connectivity index (χ2v) is 12.8. The summed E-state index contributed by atoms with van der Waals surface area (Å²) in [6.45, 7) is 16.4. The van der Waals surface area contributed by atoms with Gasteiger partial charge in [0.25, 0.3) is 0 Å². The molecule has 0 aromatic rings. The Morgan fingerprint density at radius 1 is 0.543 bits per heavy atom. The Bertz CT molecular complexity index is 473. The minimum atomic E-state index is 0.681. The van der Waals surface area contributed by atoms with Gasteiger partial charge in [0.2, 0.25) is 0 Å². The SMILES string of the molecule is CCCCCCCC(CCCCCC)N1CC2(CCN(CC(CCCC)CCCCCC)CC2)C1. The van der Waals surface area contributed by atoms with Crippen LogP contribution in [0.3, 0.4) is 0 Å². The molecule has 2 nitrogen and oxygen atoms in total. The molecule has 2 unspecified atom stereocenters. The molecule has 2 heteroatoms. The second kappa shape index (κ2) is 19.1. The summed E-state index contributed by atoms with van der Waals surface area (Å²) in [5.41, 5.74) is 0.681. The molecule has 1 spiro atoms. The fraction of sp³-hybridized carbons (Fsp3) is 1.00. The first-order valence-electron chi connectivity index (χ1n) is 16.6. The summed E-state index contributed by atoms with van der Waals surface area (Å²) in [4.78, 5) is 5.79. The maximum Gasteiger partial charge on any atom is 0.00957 e. The zero-order valence-electron chi connectivity index (χ0n) is 24.9. The number of nitrogens with zero attached hydrogens (tertiary/aromatic N) is 2. The van der Waals surface area contributed by atoms with Gasteiger partial charge in [-0.3, -0.25) is 4.90 Å². The third-order valence-corrected chi connectivity index (χ3v) is 9.49. The minimum Gasteiger partial charge on any atom is -0.303 e. The van der Waals surface area contributed by atoms with Gasteiger partial charge < -0.3 is 4.90 Å². The van der Waals surface area contributed by atoms with Gasteiger partial charge in [-0.15, -0.1) is 0 Å². The second-order valence-electron chi connectivity index (χ2n) is 12.8. The molecule has 2 aliphatic heterocycles. The molecule has 0 aromatic heterocycles. The fourth-order valence-corrected chi connectivity index (χ4v) is 6.94. The largest absolute Gasteiger partial charge is 0.303 e. The van der Waals surface area contributed by atoms with Crippen molar-refractivity contribution in [1.29, 1.82) is 0 Å². The summed E-state index contributed by atoms with van der Waals surface area (Å²) in [5, 5.41) is 0. The molecular formula is C33H66N2. The lowest BCUT2D eigenvalue weighted by atomic mass is 9.70. The van der Waals surface area contributed by atoms with E-state index >= 15 is 0 Å². The third kappa shape index (κ3) is 12.3. The number of likely N-dealkylation sites (tertiary alicyclic amines) is 2. The normalized spacial score (nSPS) is 20.2. The zero-order chi connectivity index (χ0) is 25.2. The van der Waals surface area contributed by atoms with Gasteiger partial charge in [-0.25, -0.2) is 0 Å². The predicted molar refractivity (Wildman–Crippen MR) is 157 cm³/mol. The fourth-order valence-electron chi connectivity index (χ4n) is 6.94. The van der Waals surface area contributed by atoms with Gasteiger partial charge >= 0.3 is 0 Å². The molecule has 0 aromatic carbocycles. The number of hydrogen-bond donors (Lipinski definition) is 0. The highest BCUT2D eigenvalue weighted by molar-refractivity contribution is 5.00. The third-order valence-electron chi connectivity index (χ3n) is 9.49. The molecule has 0 aliphatic carbocycles. The molecule has 2 rings (SSSR count). The van der Waals surface area contributed by atoms with Crippen molar-refractivity contribution >= 4 is 0 Å². The van der Waals surface area contributed by atoms with E-state index < -0.39 is 0 Å². The number of unbranched alkanes of at least 4 members (excludes halogenated alkanes) is 11. The molecule has 0 amide bonds. The summed E-state index contributed by atoms with van der Waals surface area (Å²) in [7, 11) is 0. The highest BCUT2D eigenvalue weighted by Gasteiger charge is 2.46. The van der Waals surface area contributed by atoms with E-state index in [9.17, 15) is 0 Å². The minimum absolute atomic E-state index is 0.681. The van der Waals surface area contributed by atoms with Crippen molar-refractivity contribution in [2.75, 3.05) is 32.7 Å². The van der Waals surface area contributed by atoms with E-state index in [1.165, 1.54) is 168 Å². The first-order valence-corrected chi connectivity index (χ1v) is 16.6. The van der Waals surface area contributed by atoms with Crippen molar-refractivity contribution in [3.8, 4) is 0 Å². The lowest BCUT2D eigenvalue weighted by Gasteiger charge is -2.57. The van der Waals surface area contributed by atoms with Crippen LogP contribution in [0.1, 0.15) is 163 Å². The van der Waals surface area contributed by atoms with Crippen molar-refractivity contribution in [3.63, 3.8) is 0 Å². The van der Waals surface area contributed by atoms with E-state index in [4.69, 9.17) is 0 Å². The van der Waals surface area contributed by atoms with E-state index in [2.05, 4.69) is 37.5 Å². The number of rotatable bonds is 22. The Labute approximate surface area is 222 Å². The van der Waals surface area contributed by atoms with Crippen LogP contribution in [0, 0.1) is 11.3 Å². The lowest BCUT2D eigenvalue weighted by molar-refractivity contribution is -0.0748. The van der Waals surface area contributed by atoms with E-state index in [-0.39, 0.29) is 0 Å². The zero-order valence-corrected chi connectivity index (χ0v) is 24.9. The van der Waals surface area contributed by atoms with Crippen LogP contribution < -0.4 is 0 Å². The van der Waals surface area contributed by atoms with Crippen LogP contribution in [0.15, 0.2) is 0 Å². The standard InChI is InChI=1S/C33H66N2/c1-5-9-13-16-19-23-32(22-18-15-11-7-3)35-29-33(30-35)24-26-34(27-25-33)28-31(20-12-8-4)21-17-14-10-6-2/h31-32H,5-30H2,1-4H3. The average Bonchev–Trinajstić information content (AvgIpc) is 2.85. The molecule has 0 N–H and O–H groups in total. The first kappa shape index (κ1) is 31.1. The maximum absolute atomic E-state index is 2.93. The van der Waals surface area contributed by atoms with E-state index in [0.29, 0.717) is 5.41 Å². The predicted octanol–water partition coefficient (Wildman–Crippen LogP) is 9.86. The molecule has 2 saturated heterocycles. The molecule has 0 radical (unpaired) electrons. The Hall–Kier alpha value is -0.0800. The van der Waals surface area contributed by atoms with Crippen LogP contribution in [0.4, 0.5) is 0 Å². The Morgan fingerprint density at radius 2 is 1.00 bits per heavy atom. The number of piperidine rings is 1. The highest BCUT2D eigenvalue weighted by atomic mass is 15.3. The van der Waals surface area contributed by atoms with Gasteiger partial charge in [0.15, 0.2) is 0 Å². The van der Waals surface area contributed by atoms with Crippen LogP contribution in [0.5, 0.6) is 0 Å². The van der Waals surface area contributed by atoms with Crippen molar-refractivity contribution in [2.45, 2.75) is 169 Å². The Morgan fingerprint density at radius 3 is 1.54 bits per heavy atom. The lowest BCUT2D eigenvalue weighted by Crippen LogP contribution is -2.63. The Kier molecular flexibility index (Phi) is 17.0. The van der Waals surface area contributed by atoms with E-state index in [1.54, 1.807) is 0 Å². The molecule has 2 fully saturated rings. The van der Waals surface area contributed by atoms with Crippen molar-refractivity contribution in [2.24, 2.45) is 11.3 Å². The Balaban J connectivity index is 1.73. The van der Waals surface area contributed by atoms with E-state index in [1.807, 2.05) is 0 Å². The van der Waals surface area contributed by atoms with Gasteiger partial charge in [0.1, 0.15) is 0 Å². The average molecular weight is 491 g/mol. The van der Waals surface area contributed by atoms with E-state index in [0.717, 1.165) is 12.0 Å². The van der Waals surface area contributed by atoms with Crippen LogP contribution in [0.25, 0.3) is 0 Å². The van der Waals surface area contributed by atoms with Gasteiger partial charge in [0.05, 0.1) is 0 Å². The smallest absolute Gasteiger partial charge is 0.00957 e. The van der Waals surface area contributed by atoms with Crippen LogP contribution in [-0.4, -0.2) is 48.6 Å². The summed E-state index contributed by atoms with van der Waals surface area (Å²) in [6, 6.07) is 0.888. The number of hydrogen-bond acceptors (Lipinski definition) is 2. The van der Waals surface area contributed by atoms with Crippen molar-refractivity contribution in [3.05, 3.63) is 0 Å². The maximum atomic E-state index is 2.93. The molecule has 2 aliphatic rings. The van der Waals surface area contributed by atoms with Crippen molar-refractivity contribution < 1.29 is 0 Å². The molecule has 2 atom stereocenters. The van der Waals surface area contributed by atoms with Crippen LogP contribution in [-0.2, 0) is 0 Å². The molecular weight excluding hydrogens is 424 g/mol. The summed E-state index contributed by atoms with van der Waals surface area (Å²) >= 11 is 0. The molecule has 35 heavy (non-hydrogen) atoms. The quantitative estimate of drug-likeness (QED) is 0.139. The van der Waals surface area contributed by atoms with Gasteiger partial charge in [-0.2, -0.15) is 0 Å². The summed E-state index contributed by atoms with van der Waals surface area (Å²) in [6.07, 6.45) is 30.2. The highest BCUT2D eigenvalue weighted by Crippen LogP contribution is 2.43. The van der Waals surface area contributed by atoms with Gasteiger partial charge in [0, 0.05) is 25.7 Å². The van der Waals surface area contributed by atoms with Gasteiger partial charge in [-0.1, -0.05) is 124 Å². The van der Waals surface area contributed by atoms with Crippen molar-refractivity contribution in [1.82, 2.24) is 9.80 Å². The van der Waals surface area contributed by atoms with Crippen LogP contribution >= 0.6 is 0 Å². The summed E-state index contributed by atoms with van der Waals surface area (Å²) < 4.78 is 0. The molecule has 2 heterocycles. The summed E-state index contributed by atoms with van der Waals surface area (Å²) in [5.74, 6) is 0.957. The van der Waals surface area contributed by atoms with Crippen LogP contribution in [0.2, 0.25) is 0 Å². The monoisotopic (exact) mass is 491 g/mol. The van der Waals surface area contributed by atoms with Gasteiger partial charge in [-0.05, 0) is 62.9 Å². The first-order chi connectivity index (χ1) is 17.2. The topological polar surface area (TPSA) is 6.48 Å². The molecule has 0 bridgehead atoms. The molecule has 208 valence electrons.